The summed E-state index contributed by atoms with van der Waals surface area (Å²) in [6.07, 6.45) is 0. The molecule has 0 radical (unpaired) electrons. The predicted octanol–water partition coefficient (Wildman–Crippen LogP) is 8.59. The van der Waals surface area contributed by atoms with Gasteiger partial charge in [0.05, 0.1) is 0 Å². The summed E-state index contributed by atoms with van der Waals surface area (Å²) in [4.78, 5) is 2.31. The van der Waals surface area contributed by atoms with E-state index in [9.17, 15) is 0 Å². The third-order valence-corrected chi connectivity index (χ3v) is 5.79. The number of fused-ring (bicyclic) bond motifs is 1. The van der Waals surface area contributed by atoms with Gasteiger partial charge in [-0.2, -0.15) is 0 Å². The molecule has 0 bridgehead atoms. The molecule has 0 spiro atoms. The van der Waals surface area contributed by atoms with Crippen molar-refractivity contribution in [3.8, 4) is 11.1 Å². The predicted molar refractivity (Wildman–Crippen MR) is 134 cm³/mol. The maximum absolute atomic E-state index is 2.31. The van der Waals surface area contributed by atoms with E-state index >= 15 is 0 Å². The number of hydrogen-bond donors (Lipinski definition) is 0. The molecule has 0 atom stereocenters. The molecule has 0 unspecified atom stereocenters. The minimum absolute atomic E-state index is 1.15. The van der Waals surface area contributed by atoms with E-state index in [1.54, 1.807) is 0 Å². The van der Waals surface area contributed by atoms with E-state index in [0.717, 1.165) is 17.1 Å². The van der Waals surface area contributed by atoms with E-state index in [0.29, 0.717) is 0 Å². The molecule has 0 aromatic heterocycles. The van der Waals surface area contributed by atoms with Crippen LogP contribution in [-0.2, 0) is 0 Å². The molecule has 1 heteroatoms. The molecule has 0 aliphatic carbocycles. The summed E-state index contributed by atoms with van der Waals surface area (Å²) in [7, 11) is 0. The van der Waals surface area contributed by atoms with Crippen LogP contribution in [-0.4, -0.2) is 0 Å². The second-order valence-corrected chi connectivity index (χ2v) is 8.12. The molecule has 31 heavy (non-hydrogen) atoms. The van der Waals surface area contributed by atoms with Crippen LogP contribution >= 0.6 is 0 Å². The molecule has 0 aliphatic heterocycles. The van der Waals surface area contributed by atoms with E-state index in [4.69, 9.17) is 0 Å². The first-order valence-electron chi connectivity index (χ1n) is 10.7. The Balaban J connectivity index is 1.54. The Morgan fingerprint density at radius 3 is 1.42 bits per heavy atom. The van der Waals surface area contributed by atoms with Gasteiger partial charge in [-0.05, 0) is 78.2 Å². The van der Waals surface area contributed by atoms with Crippen LogP contribution < -0.4 is 4.90 Å². The molecule has 1 nitrogen and oxygen atoms in total. The van der Waals surface area contributed by atoms with Crippen molar-refractivity contribution in [3.63, 3.8) is 0 Å². The van der Waals surface area contributed by atoms with Crippen LogP contribution in [0, 0.1) is 13.8 Å². The fraction of sp³-hybridized carbons (Fsp3) is 0.0667. The first-order chi connectivity index (χ1) is 15.2. The summed E-state index contributed by atoms with van der Waals surface area (Å²) in [6, 6.07) is 41.4. The molecule has 0 saturated heterocycles. The molecule has 0 amide bonds. The zero-order valence-electron chi connectivity index (χ0n) is 17.9. The Hall–Kier alpha value is -3.84. The Labute approximate surface area is 184 Å². The Bertz CT molecular complexity index is 1270. The van der Waals surface area contributed by atoms with Crippen LogP contribution in [0.15, 0.2) is 115 Å². The lowest BCUT2D eigenvalue weighted by molar-refractivity contribution is 1.27. The van der Waals surface area contributed by atoms with Gasteiger partial charge in [-0.3, -0.25) is 0 Å². The van der Waals surface area contributed by atoms with Crippen molar-refractivity contribution < 1.29 is 0 Å². The summed E-state index contributed by atoms with van der Waals surface area (Å²) in [5.74, 6) is 0. The van der Waals surface area contributed by atoms with Crippen LogP contribution in [0.5, 0.6) is 0 Å². The highest BCUT2D eigenvalue weighted by molar-refractivity contribution is 5.87. The minimum atomic E-state index is 1.15. The maximum atomic E-state index is 2.31. The highest BCUT2D eigenvalue weighted by atomic mass is 15.1. The molecule has 0 saturated carbocycles. The van der Waals surface area contributed by atoms with Gasteiger partial charge >= 0.3 is 0 Å². The topological polar surface area (TPSA) is 3.24 Å². The quantitative estimate of drug-likeness (QED) is 0.292. The van der Waals surface area contributed by atoms with Crippen LogP contribution in [0.2, 0.25) is 0 Å². The molecule has 5 rings (SSSR count). The molecule has 0 aliphatic rings. The van der Waals surface area contributed by atoms with Gasteiger partial charge in [0, 0.05) is 17.1 Å². The van der Waals surface area contributed by atoms with Crippen molar-refractivity contribution in [2.24, 2.45) is 0 Å². The van der Waals surface area contributed by atoms with Crippen molar-refractivity contribution in [1.29, 1.82) is 0 Å². The first kappa shape index (κ1) is 19.1. The van der Waals surface area contributed by atoms with E-state index < -0.39 is 0 Å². The largest absolute Gasteiger partial charge is 0.311 e. The Morgan fingerprint density at radius 2 is 0.871 bits per heavy atom. The Morgan fingerprint density at radius 1 is 0.419 bits per heavy atom. The number of nitrogens with zero attached hydrogens (tertiary/aromatic N) is 1. The number of hydrogen-bond acceptors (Lipinski definition) is 1. The van der Waals surface area contributed by atoms with Crippen molar-refractivity contribution in [1.82, 2.24) is 0 Å². The van der Waals surface area contributed by atoms with Crippen molar-refractivity contribution in [2.45, 2.75) is 13.8 Å². The van der Waals surface area contributed by atoms with Crippen molar-refractivity contribution in [2.75, 3.05) is 4.90 Å². The monoisotopic (exact) mass is 399 g/mol. The van der Waals surface area contributed by atoms with Crippen LogP contribution in [0.1, 0.15) is 11.1 Å². The van der Waals surface area contributed by atoms with Gasteiger partial charge in [0.1, 0.15) is 0 Å². The molecule has 0 heterocycles. The van der Waals surface area contributed by atoms with Gasteiger partial charge in [-0.25, -0.2) is 0 Å². The lowest BCUT2D eigenvalue weighted by Crippen LogP contribution is -2.09. The van der Waals surface area contributed by atoms with Gasteiger partial charge in [0.25, 0.3) is 0 Å². The summed E-state index contributed by atoms with van der Waals surface area (Å²) >= 11 is 0. The summed E-state index contributed by atoms with van der Waals surface area (Å²) in [5, 5.41) is 2.54. The van der Waals surface area contributed by atoms with Gasteiger partial charge in [0.2, 0.25) is 0 Å². The minimum Gasteiger partial charge on any atom is -0.311 e. The Kier molecular flexibility index (Phi) is 5.01. The zero-order valence-corrected chi connectivity index (χ0v) is 17.9. The molecule has 150 valence electrons. The van der Waals surface area contributed by atoms with E-state index in [-0.39, 0.29) is 0 Å². The summed E-state index contributed by atoms with van der Waals surface area (Å²) in [6.45, 7) is 4.25. The molecular weight excluding hydrogens is 374 g/mol. The van der Waals surface area contributed by atoms with Gasteiger partial charge in [0.15, 0.2) is 0 Å². The van der Waals surface area contributed by atoms with Gasteiger partial charge < -0.3 is 4.90 Å². The van der Waals surface area contributed by atoms with Crippen molar-refractivity contribution >= 4 is 27.8 Å². The van der Waals surface area contributed by atoms with Crippen LogP contribution in [0.25, 0.3) is 21.9 Å². The smallest absolute Gasteiger partial charge is 0.0462 e. The van der Waals surface area contributed by atoms with Gasteiger partial charge in [-0.15, -0.1) is 0 Å². The lowest BCUT2D eigenvalue weighted by atomic mass is 10.0. The fourth-order valence-corrected chi connectivity index (χ4v) is 4.01. The van der Waals surface area contributed by atoms with Crippen LogP contribution in [0.3, 0.4) is 0 Å². The average Bonchev–Trinajstić information content (AvgIpc) is 2.82. The van der Waals surface area contributed by atoms with E-state index in [1.807, 2.05) is 0 Å². The third kappa shape index (κ3) is 3.95. The second kappa shape index (κ2) is 8.12. The molecular formula is C30H25N. The highest BCUT2D eigenvalue weighted by Crippen LogP contribution is 2.36. The average molecular weight is 400 g/mol. The second-order valence-electron chi connectivity index (χ2n) is 8.12. The molecule has 5 aromatic carbocycles. The van der Waals surface area contributed by atoms with Gasteiger partial charge in [-0.1, -0.05) is 83.9 Å². The fourth-order valence-electron chi connectivity index (χ4n) is 4.01. The number of aryl methyl sites for hydroxylation is 2. The number of benzene rings is 5. The normalized spacial score (nSPS) is 10.9. The lowest BCUT2D eigenvalue weighted by Gasteiger charge is -2.26. The molecule has 0 fully saturated rings. The first-order valence-corrected chi connectivity index (χ1v) is 10.7. The summed E-state index contributed by atoms with van der Waals surface area (Å²) in [5.41, 5.74) is 8.46. The highest BCUT2D eigenvalue weighted by Gasteiger charge is 2.12. The van der Waals surface area contributed by atoms with E-state index in [1.165, 1.54) is 33.0 Å². The summed E-state index contributed by atoms with van der Waals surface area (Å²) < 4.78 is 0. The van der Waals surface area contributed by atoms with Crippen molar-refractivity contribution in [3.05, 3.63) is 126 Å². The molecule has 5 aromatic rings. The van der Waals surface area contributed by atoms with Crippen LogP contribution in [0.4, 0.5) is 17.1 Å². The number of rotatable bonds is 4. The molecule has 0 N–H and O–H groups in total. The van der Waals surface area contributed by atoms with E-state index in [2.05, 4.69) is 134 Å². The maximum Gasteiger partial charge on any atom is 0.0462 e. The zero-order chi connectivity index (χ0) is 21.2. The number of anilines is 3. The SMILES string of the molecule is Cc1ccc(N(c2ccc(C)cc2)c2ccc(-c3ccc4ccccc4c3)cc2)cc1. The standard InChI is InChI=1S/C30H25N/c1-22-7-15-28(16-8-22)31(29-17-9-23(2)10-18-29)30-19-13-25(14-20-30)27-12-11-24-5-3-4-6-26(24)21-27/h3-21H,1-2H3. The third-order valence-electron chi connectivity index (χ3n) is 5.79.